The van der Waals surface area contributed by atoms with Crippen LogP contribution in [0.1, 0.15) is 27.2 Å². The van der Waals surface area contributed by atoms with E-state index in [1.807, 2.05) is 13.8 Å². The molecule has 0 saturated carbocycles. The first-order valence-electron chi connectivity index (χ1n) is 5.69. The molecule has 5 heteroatoms. The summed E-state index contributed by atoms with van der Waals surface area (Å²) in [5, 5.41) is 12.1. The van der Waals surface area contributed by atoms with E-state index in [9.17, 15) is 4.79 Å². The second kappa shape index (κ2) is 5.84. The van der Waals surface area contributed by atoms with Gasteiger partial charge in [-0.05, 0) is 13.8 Å². The van der Waals surface area contributed by atoms with Crippen LogP contribution in [0.5, 0.6) is 0 Å². The molecule has 1 saturated heterocycles. The monoisotopic (exact) mass is 228 g/mol. The molecule has 1 aliphatic heterocycles. The summed E-state index contributed by atoms with van der Waals surface area (Å²) < 4.78 is 4.92. The van der Waals surface area contributed by atoms with Crippen molar-refractivity contribution in [2.45, 2.75) is 33.2 Å². The topological polar surface area (TPSA) is 62.1 Å². The number of ether oxygens (including phenoxy) is 1. The Hall–Kier alpha value is -1.10. The zero-order chi connectivity index (χ0) is 12.1. The molecule has 0 unspecified atom stereocenters. The molecule has 0 aromatic carbocycles. The highest BCUT2D eigenvalue weighted by Crippen LogP contribution is 2.19. The molecule has 0 aliphatic carbocycles. The normalized spacial score (nSPS) is 29.3. The van der Waals surface area contributed by atoms with Crippen LogP contribution in [0, 0.1) is 5.92 Å². The first-order chi connectivity index (χ1) is 7.58. The van der Waals surface area contributed by atoms with Crippen molar-refractivity contribution in [1.29, 1.82) is 0 Å². The zero-order valence-corrected chi connectivity index (χ0v) is 10.1. The molecule has 16 heavy (non-hydrogen) atoms. The molecule has 0 spiro atoms. The quantitative estimate of drug-likeness (QED) is 0.446. The van der Waals surface area contributed by atoms with Crippen molar-refractivity contribution >= 4 is 11.7 Å². The van der Waals surface area contributed by atoms with Crippen LogP contribution in [0.2, 0.25) is 0 Å². The van der Waals surface area contributed by atoms with Crippen molar-refractivity contribution in [2.24, 2.45) is 11.1 Å². The SMILES string of the molecule is CCOC(=O)CN1C[C@H](C)/C(=N\O)C[C@H]1C. The Morgan fingerprint density at radius 2 is 2.31 bits per heavy atom. The van der Waals surface area contributed by atoms with Gasteiger partial charge in [-0.2, -0.15) is 0 Å². The molecule has 5 nitrogen and oxygen atoms in total. The number of rotatable bonds is 3. The number of carbonyl (C=O) groups is 1. The number of esters is 1. The predicted octanol–water partition coefficient (Wildman–Crippen LogP) is 1.11. The van der Waals surface area contributed by atoms with Gasteiger partial charge in [-0.1, -0.05) is 12.1 Å². The fourth-order valence-corrected chi connectivity index (χ4v) is 2.00. The smallest absolute Gasteiger partial charge is 0.320 e. The van der Waals surface area contributed by atoms with Gasteiger partial charge in [0.1, 0.15) is 0 Å². The molecule has 92 valence electrons. The Balaban J connectivity index is 2.53. The van der Waals surface area contributed by atoms with Crippen LogP contribution in [-0.4, -0.2) is 47.5 Å². The van der Waals surface area contributed by atoms with E-state index in [0.29, 0.717) is 19.6 Å². The Labute approximate surface area is 96.1 Å². The summed E-state index contributed by atoms with van der Waals surface area (Å²) in [5.41, 5.74) is 0.813. The minimum Gasteiger partial charge on any atom is -0.465 e. The number of piperidine rings is 1. The molecule has 2 atom stereocenters. The highest BCUT2D eigenvalue weighted by molar-refractivity contribution is 5.87. The van der Waals surface area contributed by atoms with Crippen molar-refractivity contribution < 1.29 is 14.7 Å². The third-order valence-electron chi connectivity index (χ3n) is 2.97. The lowest BCUT2D eigenvalue weighted by molar-refractivity contribution is -0.145. The summed E-state index contributed by atoms with van der Waals surface area (Å²) >= 11 is 0. The van der Waals surface area contributed by atoms with Crippen LogP contribution in [0.25, 0.3) is 0 Å². The van der Waals surface area contributed by atoms with Gasteiger partial charge in [0, 0.05) is 24.9 Å². The van der Waals surface area contributed by atoms with E-state index in [-0.39, 0.29) is 17.9 Å². The summed E-state index contributed by atoms with van der Waals surface area (Å²) in [7, 11) is 0. The number of likely N-dealkylation sites (tertiary alicyclic amines) is 1. The van der Waals surface area contributed by atoms with Gasteiger partial charge in [-0.25, -0.2) is 0 Å². The highest BCUT2D eigenvalue weighted by Gasteiger charge is 2.29. The van der Waals surface area contributed by atoms with E-state index in [2.05, 4.69) is 10.1 Å². The van der Waals surface area contributed by atoms with E-state index < -0.39 is 0 Å². The minimum atomic E-state index is -0.189. The lowest BCUT2D eigenvalue weighted by atomic mass is 9.93. The molecule has 0 amide bonds. The molecular weight excluding hydrogens is 208 g/mol. The minimum absolute atomic E-state index is 0.189. The van der Waals surface area contributed by atoms with Gasteiger partial charge in [0.25, 0.3) is 0 Å². The summed E-state index contributed by atoms with van der Waals surface area (Å²) in [4.78, 5) is 13.4. The van der Waals surface area contributed by atoms with Gasteiger partial charge in [0.2, 0.25) is 0 Å². The maximum atomic E-state index is 11.4. The van der Waals surface area contributed by atoms with Crippen LogP contribution < -0.4 is 0 Å². The van der Waals surface area contributed by atoms with Crippen molar-refractivity contribution in [2.75, 3.05) is 19.7 Å². The van der Waals surface area contributed by atoms with Crippen molar-refractivity contribution in [1.82, 2.24) is 4.90 Å². The molecule has 0 radical (unpaired) electrons. The summed E-state index contributed by atoms with van der Waals surface area (Å²) in [6.45, 7) is 7.30. The fraction of sp³-hybridized carbons (Fsp3) is 0.818. The third-order valence-corrected chi connectivity index (χ3v) is 2.97. The van der Waals surface area contributed by atoms with E-state index in [1.54, 1.807) is 6.92 Å². The molecular formula is C11H20N2O3. The van der Waals surface area contributed by atoms with Crippen LogP contribution in [-0.2, 0) is 9.53 Å². The molecule has 0 aromatic rings. The molecule has 0 aromatic heterocycles. The largest absolute Gasteiger partial charge is 0.465 e. The standard InChI is InChI=1S/C11H20N2O3/c1-4-16-11(14)7-13-6-8(2)10(12-15)5-9(13)3/h8-9,15H,4-7H2,1-3H3/b12-10-/t8-,9+/m0/s1. The third kappa shape index (κ3) is 3.20. The van der Waals surface area contributed by atoms with Crippen molar-refractivity contribution in [3.8, 4) is 0 Å². The lowest BCUT2D eigenvalue weighted by Gasteiger charge is -2.36. The Bertz CT molecular complexity index is 278. The summed E-state index contributed by atoms with van der Waals surface area (Å²) in [6.07, 6.45) is 0.705. The predicted molar refractivity (Wildman–Crippen MR) is 60.7 cm³/mol. The number of oxime groups is 1. The molecule has 1 heterocycles. The fourth-order valence-electron chi connectivity index (χ4n) is 2.00. The Morgan fingerprint density at radius 1 is 1.62 bits per heavy atom. The first-order valence-corrected chi connectivity index (χ1v) is 5.69. The summed E-state index contributed by atoms with van der Waals surface area (Å²) in [6, 6.07) is 0.214. The van der Waals surface area contributed by atoms with E-state index in [0.717, 1.165) is 12.3 Å². The Morgan fingerprint density at radius 3 is 2.88 bits per heavy atom. The number of hydrogen-bond donors (Lipinski definition) is 1. The number of carbonyl (C=O) groups excluding carboxylic acids is 1. The number of nitrogens with zero attached hydrogens (tertiary/aromatic N) is 2. The van der Waals surface area contributed by atoms with Gasteiger partial charge in [0.05, 0.1) is 18.9 Å². The first kappa shape index (κ1) is 13.0. The van der Waals surface area contributed by atoms with Crippen LogP contribution in [0.15, 0.2) is 5.16 Å². The van der Waals surface area contributed by atoms with Crippen molar-refractivity contribution in [3.05, 3.63) is 0 Å². The molecule has 1 rings (SSSR count). The number of hydrogen-bond acceptors (Lipinski definition) is 5. The second-order valence-corrected chi connectivity index (χ2v) is 4.28. The molecule has 1 aliphatic rings. The van der Waals surface area contributed by atoms with Gasteiger partial charge in [-0.3, -0.25) is 9.69 Å². The molecule has 1 fully saturated rings. The van der Waals surface area contributed by atoms with Crippen LogP contribution in [0.4, 0.5) is 0 Å². The average Bonchev–Trinajstić information content (AvgIpc) is 2.23. The second-order valence-electron chi connectivity index (χ2n) is 4.28. The Kier molecular flexibility index (Phi) is 4.73. The van der Waals surface area contributed by atoms with Crippen LogP contribution in [0.3, 0.4) is 0 Å². The van der Waals surface area contributed by atoms with Gasteiger partial charge in [0.15, 0.2) is 0 Å². The van der Waals surface area contributed by atoms with Crippen LogP contribution >= 0.6 is 0 Å². The summed E-state index contributed by atoms with van der Waals surface area (Å²) in [5.74, 6) is 0.00145. The van der Waals surface area contributed by atoms with Gasteiger partial charge < -0.3 is 9.94 Å². The van der Waals surface area contributed by atoms with Gasteiger partial charge >= 0.3 is 5.97 Å². The average molecular weight is 228 g/mol. The lowest BCUT2D eigenvalue weighted by Crippen LogP contribution is -2.47. The highest BCUT2D eigenvalue weighted by atomic mass is 16.5. The molecule has 0 bridgehead atoms. The van der Waals surface area contributed by atoms with Crippen molar-refractivity contribution in [3.63, 3.8) is 0 Å². The van der Waals surface area contributed by atoms with E-state index in [4.69, 9.17) is 9.94 Å². The molecule has 1 N–H and O–H groups in total. The van der Waals surface area contributed by atoms with E-state index in [1.165, 1.54) is 0 Å². The maximum absolute atomic E-state index is 11.4. The zero-order valence-electron chi connectivity index (χ0n) is 10.1. The van der Waals surface area contributed by atoms with Gasteiger partial charge in [-0.15, -0.1) is 0 Å². The van der Waals surface area contributed by atoms with E-state index >= 15 is 0 Å². The maximum Gasteiger partial charge on any atom is 0.320 e.